The van der Waals surface area contributed by atoms with Gasteiger partial charge in [-0.15, -0.1) is 0 Å². The molecule has 0 aromatic carbocycles. The van der Waals surface area contributed by atoms with Gasteiger partial charge in [0.15, 0.2) is 5.03 Å². The Bertz CT molecular complexity index is 580. The van der Waals surface area contributed by atoms with Crippen molar-refractivity contribution in [1.29, 1.82) is 0 Å². The van der Waals surface area contributed by atoms with Crippen LogP contribution in [0.25, 0.3) is 0 Å². The second kappa shape index (κ2) is 4.94. The standard InChI is InChI=1S/C6H2ClF2IN2O4S/c7-17(15,16)6-4(10)3(12(13)14)1-2(11-6)5(8)9/h1,5H. The second-order valence-electron chi connectivity index (χ2n) is 2.68. The molecule has 17 heavy (non-hydrogen) atoms. The Morgan fingerprint density at radius 2 is 2.06 bits per heavy atom. The molecule has 0 saturated carbocycles. The minimum absolute atomic E-state index is 0.410. The monoisotopic (exact) mass is 398 g/mol. The summed E-state index contributed by atoms with van der Waals surface area (Å²) in [6.45, 7) is 0. The Kier molecular flexibility index (Phi) is 4.19. The van der Waals surface area contributed by atoms with Gasteiger partial charge in [0.1, 0.15) is 9.26 Å². The summed E-state index contributed by atoms with van der Waals surface area (Å²) in [6, 6.07) is 0.512. The lowest BCUT2D eigenvalue weighted by atomic mass is 10.3. The molecule has 0 unspecified atom stereocenters. The van der Waals surface area contributed by atoms with Gasteiger partial charge >= 0.3 is 0 Å². The highest BCUT2D eigenvalue weighted by molar-refractivity contribution is 14.1. The van der Waals surface area contributed by atoms with Crippen LogP contribution < -0.4 is 0 Å². The van der Waals surface area contributed by atoms with Crippen molar-refractivity contribution >= 4 is 48.0 Å². The minimum Gasteiger partial charge on any atom is -0.258 e. The average molecular weight is 399 g/mol. The quantitative estimate of drug-likeness (QED) is 0.338. The van der Waals surface area contributed by atoms with Crippen LogP contribution in [-0.2, 0) is 9.05 Å². The molecule has 1 rings (SSSR count). The predicted octanol–water partition coefficient (Wildman–Crippen LogP) is 2.46. The molecule has 0 N–H and O–H groups in total. The van der Waals surface area contributed by atoms with Gasteiger partial charge in [0.2, 0.25) is 0 Å². The number of halogens is 4. The maximum absolute atomic E-state index is 12.4. The van der Waals surface area contributed by atoms with E-state index in [4.69, 9.17) is 10.7 Å². The second-order valence-corrected chi connectivity index (χ2v) is 6.24. The third-order valence-corrected chi connectivity index (χ3v) is 4.20. The van der Waals surface area contributed by atoms with E-state index in [1.54, 1.807) is 0 Å². The molecule has 0 spiro atoms. The summed E-state index contributed by atoms with van der Waals surface area (Å²) >= 11 is 1.31. The lowest BCUT2D eigenvalue weighted by molar-refractivity contribution is -0.386. The molecule has 0 bridgehead atoms. The van der Waals surface area contributed by atoms with Crippen molar-refractivity contribution in [3.05, 3.63) is 25.4 Å². The first-order valence-corrected chi connectivity index (χ1v) is 7.11. The van der Waals surface area contributed by atoms with Crippen LogP contribution in [0.2, 0.25) is 0 Å². The van der Waals surface area contributed by atoms with Gasteiger partial charge in [-0.2, -0.15) is 0 Å². The fraction of sp³-hybridized carbons (Fsp3) is 0.167. The number of hydrogen-bond donors (Lipinski definition) is 0. The molecule has 0 aliphatic rings. The third-order valence-electron chi connectivity index (χ3n) is 1.58. The molecule has 1 heterocycles. The molecule has 0 amide bonds. The van der Waals surface area contributed by atoms with Crippen LogP contribution in [0.1, 0.15) is 12.1 Å². The van der Waals surface area contributed by atoms with Crippen molar-refractivity contribution in [1.82, 2.24) is 4.98 Å². The largest absolute Gasteiger partial charge is 0.287 e. The zero-order valence-electron chi connectivity index (χ0n) is 7.60. The van der Waals surface area contributed by atoms with Crippen molar-refractivity contribution in [2.75, 3.05) is 0 Å². The van der Waals surface area contributed by atoms with Gasteiger partial charge in [-0.25, -0.2) is 22.2 Å². The van der Waals surface area contributed by atoms with E-state index in [0.29, 0.717) is 6.07 Å². The number of nitro groups is 1. The lowest BCUT2D eigenvalue weighted by Gasteiger charge is -2.04. The summed E-state index contributed by atoms with van der Waals surface area (Å²) in [5.41, 5.74) is -1.80. The van der Waals surface area contributed by atoms with Crippen LogP contribution >= 0.6 is 33.3 Å². The van der Waals surface area contributed by atoms with Gasteiger partial charge in [0, 0.05) is 16.7 Å². The average Bonchev–Trinajstić information content (AvgIpc) is 2.15. The van der Waals surface area contributed by atoms with Gasteiger partial charge in [0.25, 0.3) is 21.2 Å². The number of nitrogens with zero attached hydrogens (tertiary/aromatic N) is 2. The van der Waals surface area contributed by atoms with Crippen LogP contribution in [-0.4, -0.2) is 18.3 Å². The third kappa shape index (κ3) is 3.19. The van der Waals surface area contributed by atoms with Gasteiger partial charge in [0.05, 0.1) is 4.92 Å². The first-order valence-electron chi connectivity index (χ1n) is 3.72. The van der Waals surface area contributed by atoms with Crippen LogP contribution in [0, 0.1) is 13.7 Å². The highest BCUT2D eigenvalue weighted by Crippen LogP contribution is 2.31. The first-order chi connectivity index (χ1) is 7.64. The Labute approximate surface area is 112 Å². The Balaban J connectivity index is 3.67. The molecule has 0 atom stereocenters. The van der Waals surface area contributed by atoms with Crippen molar-refractivity contribution in [2.24, 2.45) is 0 Å². The van der Waals surface area contributed by atoms with Crippen LogP contribution in [0.4, 0.5) is 14.5 Å². The molecule has 0 aliphatic carbocycles. The Morgan fingerprint density at radius 1 is 1.53 bits per heavy atom. The van der Waals surface area contributed by atoms with Crippen molar-refractivity contribution in [3.8, 4) is 0 Å². The number of hydrogen-bond acceptors (Lipinski definition) is 5. The summed E-state index contributed by atoms with van der Waals surface area (Å²) in [5, 5.41) is 9.63. The fourth-order valence-electron chi connectivity index (χ4n) is 0.918. The van der Waals surface area contributed by atoms with Crippen molar-refractivity contribution in [2.45, 2.75) is 11.5 Å². The van der Waals surface area contributed by atoms with E-state index in [1.807, 2.05) is 0 Å². The van der Waals surface area contributed by atoms with Gasteiger partial charge in [-0.3, -0.25) is 10.1 Å². The maximum atomic E-state index is 12.4. The van der Waals surface area contributed by atoms with E-state index in [1.165, 1.54) is 22.6 Å². The highest BCUT2D eigenvalue weighted by atomic mass is 127. The summed E-state index contributed by atoms with van der Waals surface area (Å²) < 4.78 is 46.4. The summed E-state index contributed by atoms with van der Waals surface area (Å²) in [4.78, 5) is 12.7. The molecule has 0 aliphatic heterocycles. The topological polar surface area (TPSA) is 90.2 Å². The maximum Gasteiger partial charge on any atom is 0.287 e. The van der Waals surface area contributed by atoms with E-state index in [2.05, 4.69) is 4.98 Å². The Hall–Kier alpha value is -0.620. The van der Waals surface area contributed by atoms with Crippen LogP contribution in [0.3, 0.4) is 0 Å². The van der Waals surface area contributed by atoms with Crippen molar-refractivity contribution in [3.63, 3.8) is 0 Å². The van der Waals surface area contributed by atoms with Crippen molar-refractivity contribution < 1.29 is 22.1 Å². The molecule has 0 saturated heterocycles. The number of alkyl halides is 2. The van der Waals surface area contributed by atoms with Gasteiger partial charge < -0.3 is 0 Å². The smallest absolute Gasteiger partial charge is 0.258 e. The molecule has 94 valence electrons. The number of aromatic nitrogens is 1. The molecular weight excluding hydrogens is 396 g/mol. The fourth-order valence-corrected chi connectivity index (χ4v) is 3.52. The summed E-state index contributed by atoms with van der Waals surface area (Å²) in [5.74, 6) is 0. The number of pyridine rings is 1. The van der Waals surface area contributed by atoms with Crippen LogP contribution in [0.5, 0.6) is 0 Å². The van der Waals surface area contributed by atoms with Gasteiger partial charge in [-0.1, -0.05) is 0 Å². The Morgan fingerprint density at radius 3 is 2.41 bits per heavy atom. The zero-order chi connectivity index (χ0) is 13.4. The minimum atomic E-state index is -4.43. The molecule has 1 aromatic heterocycles. The zero-order valence-corrected chi connectivity index (χ0v) is 11.3. The molecular formula is C6H2ClF2IN2O4S. The summed E-state index contributed by atoms with van der Waals surface area (Å²) in [6.07, 6.45) is -3.14. The summed E-state index contributed by atoms with van der Waals surface area (Å²) in [7, 11) is 0.525. The predicted molar refractivity (Wildman–Crippen MR) is 61.6 cm³/mol. The van der Waals surface area contributed by atoms with E-state index in [9.17, 15) is 27.3 Å². The van der Waals surface area contributed by atoms with E-state index < -0.39 is 40.4 Å². The highest BCUT2D eigenvalue weighted by Gasteiger charge is 2.28. The van der Waals surface area contributed by atoms with Gasteiger partial charge in [-0.05, 0) is 22.6 Å². The van der Waals surface area contributed by atoms with E-state index in [0.717, 1.165) is 0 Å². The first kappa shape index (κ1) is 14.4. The molecule has 0 radical (unpaired) electrons. The van der Waals surface area contributed by atoms with Crippen LogP contribution in [0.15, 0.2) is 11.1 Å². The molecule has 1 aromatic rings. The van der Waals surface area contributed by atoms with E-state index >= 15 is 0 Å². The van der Waals surface area contributed by atoms with E-state index in [-0.39, 0.29) is 0 Å². The normalized spacial score (nSPS) is 11.8. The SMILES string of the molecule is O=[N+]([O-])c1cc(C(F)F)nc(S(=O)(=O)Cl)c1I. The molecule has 0 fully saturated rings. The molecule has 6 nitrogen and oxygen atoms in total. The molecule has 11 heteroatoms. The number of rotatable bonds is 3. The lowest BCUT2D eigenvalue weighted by Crippen LogP contribution is -2.06.